The summed E-state index contributed by atoms with van der Waals surface area (Å²) < 4.78 is 17.5. The Bertz CT molecular complexity index is 388. The van der Waals surface area contributed by atoms with Gasteiger partial charge in [0.25, 0.3) is 0 Å². The van der Waals surface area contributed by atoms with Crippen molar-refractivity contribution in [1.82, 2.24) is 0 Å². The molecule has 0 atom stereocenters. The lowest BCUT2D eigenvalue weighted by atomic mass is 10.1. The molecule has 0 aliphatic heterocycles. The van der Waals surface area contributed by atoms with Crippen LogP contribution < -0.4 is 5.73 Å². The predicted molar refractivity (Wildman–Crippen MR) is 56.5 cm³/mol. The van der Waals surface area contributed by atoms with Gasteiger partial charge in [-0.2, -0.15) is 0 Å². The molecule has 0 aliphatic carbocycles. The number of ether oxygens (including phenoxy) is 1. The highest BCUT2D eigenvalue weighted by Gasteiger charge is 1.99. The van der Waals surface area contributed by atoms with Crippen molar-refractivity contribution in [2.75, 3.05) is 12.3 Å². The van der Waals surface area contributed by atoms with E-state index in [0.717, 1.165) is 0 Å². The fourth-order valence-electron chi connectivity index (χ4n) is 1.04. The molecule has 1 aromatic carbocycles. The van der Waals surface area contributed by atoms with Gasteiger partial charge in [-0.15, -0.1) is 0 Å². The van der Waals surface area contributed by atoms with Crippen molar-refractivity contribution >= 4 is 17.7 Å². The Labute approximate surface area is 87.3 Å². The minimum absolute atomic E-state index is 0.307. The lowest BCUT2D eigenvalue weighted by molar-refractivity contribution is -0.137. The van der Waals surface area contributed by atoms with Crippen molar-refractivity contribution in [3.05, 3.63) is 35.7 Å². The standard InChI is InChI=1S/C11H12FNO2/c1-2-15-11(14)6-3-8-7-9(12)4-5-10(8)13/h3-7H,2,13H2,1H3/b6-3+. The van der Waals surface area contributed by atoms with Gasteiger partial charge < -0.3 is 10.5 Å². The van der Waals surface area contributed by atoms with Gasteiger partial charge in [0.1, 0.15) is 5.82 Å². The summed E-state index contributed by atoms with van der Waals surface area (Å²) in [4.78, 5) is 11.0. The average Bonchev–Trinajstić information content (AvgIpc) is 2.20. The van der Waals surface area contributed by atoms with E-state index in [-0.39, 0.29) is 0 Å². The molecule has 15 heavy (non-hydrogen) atoms. The Morgan fingerprint density at radius 2 is 2.33 bits per heavy atom. The minimum atomic E-state index is -0.471. The van der Waals surface area contributed by atoms with Crippen LogP contribution in [0, 0.1) is 5.82 Å². The van der Waals surface area contributed by atoms with E-state index in [1.807, 2.05) is 0 Å². The Balaban J connectivity index is 2.79. The molecule has 0 amide bonds. The summed E-state index contributed by atoms with van der Waals surface area (Å²) in [6, 6.07) is 3.96. The molecule has 0 radical (unpaired) electrons. The maximum atomic E-state index is 12.8. The fourth-order valence-corrected chi connectivity index (χ4v) is 1.04. The number of hydrogen-bond donors (Lipinski definition) is 1. The van der Waals surface area contributed by atoms with Gasteiger partial charge in [-0.05, 0) is 31.2 Å². The molecule has 0 spiro atoms. The van der Waals surface area contributed by atoms with E-state index in [1.54, 1.807) is 6.92 Å². The first-order valence-electron chi connectivity index (χ1n) is 4.53. The third kappa shape index (κ3) is 3.42. The predicted octanol–water partition coefficient (Wildman–Crippen LogP) is 1.98. The van der Waals surface area contributed by atoms with E-state index in [4.69, 9.17) is 5.73 Å². The molecule has 0 saturated heterocycles. The monoisotopic (exact) mass is 209 g/mol. The molecule has 0 fully saturated rings. The Morgan fingerprint density at radius 3 is 3.00 bits per heavy atom. The van der Waals surface area contributed by atoms with Crippen molar-refractivity contribution < 1.29 is 13.9 Å². The third-order valence-corrected chi connectivity index (χ3v) is 1.73. The Hall–Kier alpha value is -1.84. The van der Waals surface area contributed by atoms with Gasteiger partial charge in [-0.25, -0.2) is 9.18 Å². The van der Waals surface area contributed by atoms with Crippen molar-refractivity contribution in [2.24, 2.45) is 0 Å². The second-order valence-corrected chi connectivity index (χ2v) is 2.86. The summed E-state index contributed by atoms with van der Waals surface area (Å²) in [7, 11) is 0. The van der Waals surface area contributed by atoms with Crippen LogP contribution in [0.2, 0.25) is 0 Å². The van der Waals surface area contributed by atoms with Gasteiger partial charge in [0.2, 0.25) is 0 Å². The summed E-state index contributed by atoms with van der Waals surface area (Å²) in [6.07, 6.45) is 2.64. The fraction of sp³-hybridized carbons (Fsp3) is 0.182. The smallest absolute Gasteiger partial charge is 0.330 e. The quantitative estimate of drug-likeness (QED) is 0.470. The zero-order valence-corrected chi connectivity index (χ0v) is 8.37. The maximum Gasteiger partial charge on any atom is 0.330 e. The van der Waals surface area contributed by atoms with Crippen LogP contribution in [0.25, 0.3) is 6.08 Å². The van der Waals surface area contributed by atoms with Gasteiger partial charge in [0, 0.05) is 17.3 Å². The lowest BCUT2D eigenvalue weighted by Crippen LogP contribution is -1.99. The number of halogens is 1. The van der Waals surface area contributed by atoms with Crippen LogP contribution in [-0.4, -0.2) is 12.6 Å². The number of nitrogen functional groups attached to an aromatic ring is 1. The van der Waals surface area contributed by atoms with Gasteiger partial charge in [0.15, 0.2) is 0 Å². The summed E-state index contributed by atoms with van der Waals surface area (Å²) >= 11 is 0. The van der Waals surface area contributed by atoms with E-state index < -0.39 is 11.8 Å². The molecule has 1 aromatic rings. The van der Waals surface area contributed by atoms with E-state index >= 15 is 0 Å². The number of hydrogen-bond acceptors (Lipinski definition) is 3. The van der Waals surface area contributed by atoms with Crippen molar-refractivity contribution in [1.29, 1.82) is 0 Å². The van der Waals surface area contributed by atoms with Crippen LogP contribution in [0.3, 0.4) is 0 Å². The second kappa shape index (κ2) is 5.14. The highest BCUT2D eigenvalue weighted by molar-refractivity contribution is 5.88. The molecule has 0 aliphatic rings. The molecule has 0 bridgehead atoms. The average molecular weight is 209 g/mol. The van der Waals surface area contributed by atoms with E-state index in [2.05, 4.69) is 4.74 Å². The minimum Gasteiger partial charge on any atom is -0.463 e. The molecule has 0 aromatic heterocycles. The number of carbonyl (C=O) groups is 1. The second-order valence-electron chi connectivity index (χ2n) is 2.86. The molecule has 0 unspecified atom stereocenters. The number of nitrogens with two attached hydrogens (primary N) is 1. The van der Waals surface area contributed by atoms with Crippen LogP contribution in [-0.2, 0) is 9.53 Å². The molecule has 2 N–H and O–H groups in total. The van der Waals surface area contributed by atoms with Gasteiger partial charge in [-0.3, -0.25) is 0 Å². The third-order valence-electron chi connectivity index (χ3n) is 1.73. The van der Waals surface area contributed by atoms with Gasteiger partial charge in [0.05, 0.1) is 6.61 Å². The molecule has 0 saturated carbocycles. The van der Waals surface area contributed by atoms with Crippen LogP contribution >= 0.6 is 0 Å². The summed E-state index contributed by atoms with van der Waals surface area (Å²) in [5.41, 5.74) is 6.45. The van der Waals surface area contributed by atoms with Crippen LogP contribution in [0.15, 0.2) is 24.3 Å². The number of esters is 1. The van der Waals surface area contributed by atoms with Gasteiger partial charge >= 0.3 is 5.97 Å². The molecule has 4 heteroatoms. The number of benzene rings is 1. The zero-order valence-electron chi connectivity index (χ0n) is 8.37. The highest BCUT2D eigenvalue weighted by atomic mass is 19.1. The molecular weight excluding hydrogens is 197 g/mol. The molecule has 3 nitrogen and oxygen atoms in total. The Morgan fingerprint density at radius 1 is 1.60 bits per heavy atom. The highest BCUT2D eigenvalue weighted by Crippen LogP contribution is 2.14. The first-order chi connectivity index (χ1) is 7.13. The lowest BCUT2D eigenvalue weighted by Gasteiger charge is -1.99. The summed E-state index contributed by atoms with van der Waals surface area (Å²) in [5.74, 6) is -0.867. The number of rotatable bonds is 3. The summed E-state index contributed by atoms with van der Waals surface area (Å²) in [5, 5.41) is 0. The van der Waals surface area contributed by atoms with Crippen LogP contribution in [0.4, 0.5) is 10.1 Å². The van der Waals surface area contributed by atoms with Crippen molar-refractivity contribution in [3.63, 3.8) is 0 Å². The maximum absolute atomic E-state index is 12.8. The van der Waals surface area contributed by atoms with E-state index in [1.165, 1.54) is 30.4 Å². The summed E-state index contributed by atoms with van der Waals surface area (Å²) in [6.45, 7) is 2.02. The SMILES string of the molecule is CCOC(=O)/C=C/c1cc(F)ccc1N. The topological polar surface area (TPSA) is 52.3 Å². The largest absolute Gasteiger partial charge is 0.463 e. The molecule has 80 valence electrons. The zero-order chi connectivity index (χ0) is 11.3. The van der Waals surface area contributed by atoms with Crippen molar-refractivity contribution in [3.8, 4) is 0 Å². The first kappa shape index (κ1) is 11.2. The molecule has 1 rings (SSSR count). The first-order valence-corrected chi connectivity index (χ1v) is 4.53. The van der Waals surface area contributed by atoms with Crippen LogP contribution in [0.1, 0.15) is 12.5 Å². The van der Waals surface area contributed by atoms with Crippen LogP contribution in [0.5, 0.6) is 0 Å². The normalized spacial score (nSPS) is 10.5. The van der Waals surface area contributed by atoms with E-state index in [0.29, 0.717) is 17.9 Å². The molecular formula is C11H12FNO2. The number of anilines is 1. The molecule has 0 heterocycles. The van der Waals surface area contributed by atoms with Crippen molar-refractivity contribution in [2.45, 2.75) is 6.92 Å². The Kier molecular flexibility index (Phi) is 3.85. The van der Waals surface area contributed by atoms with E-state index in [9.17, 15) is 9.18 Å². The number of carbonyl (C=O) groups excluding carboxylic acids is 1. The van der Waals surface area contributed by atoms with Gasteiger partial charge in [-0.1, -0.05) is 0 Å².